The lowest BCUT2D eigenvalue weighted by Crippen LogP contribution is -2.48. The van der Waals surface area contributed by atoms with Crippen LogP contribution in [0, 0.1) is 13.8 Å². The molecule has 36 heavy (non-hydrogen) atoms. The zero-order chi connectivity index (χ0) is 26.9. The molecule has 0 heterocycles. The molecule has 0 aliphatic heterocycles. The molecular weight excluding hydrogens is 498 g/mol. The van der Waals surface area contributed by atoms with Crippen LogP contribution in [0.3, 0.4) is 0 Å². The van der Waals surface area contributed by atoms with Gasteiger partial charge in [0.25, 0.3) is 0 Å². The highest BCUT2D eigenvalue weighted by molar-refractivity contribution is 7.92. The average molecular weight is 536 g/mol. The maximum Gasteiger partial charge on any atom is 0.242 e. The molecular formula is C27H38ClN3O4S. The molecule has 9 heteroatoms. The monoisotopic (exact) mass is 535 g/mol. The lowest BCUT2D eigenvalue weighted by Gasteiger charge is -2.29. The first-order valence-electron chi connectivity index (χ1n) is 12.3. The molecule has 0 saturated heterocycles. The summed E-state index contributed by atoms with van der Waals surface area (Å²) < 4.78 is 26.3. The fourth-order valence-electron chi connectivity index (χ4n) is 3.86. The number of anilines is 1. The highest BCUT2D eigenvalue weighted by Crippen LogP contribution is 2.28. The van der Waals surface area contributed by atoms with Gasteiger partial charge < -0.3 is 10.2 Å². The molecule has 7 nitrogen and oxygen atoms in total. The van der Waals surface area contributed by atoms with Gasteiger partial charge >= 0.3 is 0 Å². The van der Waals surface area contributed by atoms with Crippen molar-refractivity contribution in [3.63, 3.8) is 0 Å². The number of unbranched alkanes of at least 4 members (excludes halogenated alkanes) is 1. The van der Waals surface area contributed by atoms with Crippen LogP contribution in [0.15, 0.2) is 42.5 Å². The van der Waals surface area contributed by atoms with Gasteiger partial charge in [-0.05, 0) is 56.9 Å². The minimum Gasteiger partial charge on any atom is -0.354 e. The number of rotatable bonds is 13. The van der Waals surface area contributed by atoms with Crippen LogP contribution >= 0.6 is 11.6 Å². The number of carbonyl (C=O) groups is 2. The Morgan fingerprint density at radius 3 is 2.33 bits per heavy atom. The number of halogens is 1. The van der Waals surface area contributed by atoms with Crippen molar-refractivity contribution in [2.45, 2.75) is 66.0 Å². The fourth-order valence-corrected chi connectivity index (χ4v) is 5.04. The van der Waals surface area contributed by atoms with Gasteiger partial charge in [0.1, 0.15) is 6.04 Å². The maximum absolute atomic E-state index is 13.3. The van der Waals surface area contributed by atoms with Gasteiger partial charge in [-0.15, -0.1) is 0 Å². The van der Waals surface area contributed by atoms with Crippen LogP contribution in [-0.4, -0.2) is 50.5 Å². The second kappa shape index (κ2) is 13.7. The van der Waals surface area contributed by atoms with Gasteiger partial charge in [-0.2, -0.15) is 0 Å². The number of hydrogen-bond acceptors (Lipinski definition) is 4. The van der Waals surface area contributed by atoms with E-state index in [0.717, 1.165) is 30.2 Å². The van der Waals surface area contributed by atoms with Crippen molar-refractivity contribution in [1.82, 2.24) is 10.2 Å². The van der Waals surface area contributed by atoms with Crippen molar-refractivity contribution in [1.29, 1.82) is 0 Å². The van der Waals surface area contributed by atoms with Crippen molar-refractivity contribution in [3.05, 3.63) is 64.2 Å². The summed E-state index contributed by atoms with van der Waals surface area (Å²) in [6.07, 6.45) is 3.37. The summed E-state index contributed by atoms with van der Waals surface area (Å²) in [6, 6.07) is 12.3. The van der Waals surface area contributed by atoms with Crippen LogP contribution < -0.4 is 9.62 Å². The maximum atomic E-state index is 13.3. The van der Waals surface area contributed by atoms with Gasteiger partial charge in [0.15, 0.2) is 0 Å². The lowest BCUT2D eigenvalue weighted by atomic mass is 10.1. The van der Waals surface area contributed by atoms with Crippen molar-refractivity contribution in [3.8, 4) is 0 Å². The molecule has 1 atom stereocenters. The normalized spacial score (nSPS) is 12.2. The average Bonchev–Trinajstić information content (AvgIpc) is 2.82. The summed E-state index contributed by atoms with van der Waals surface area (Å²) in [5.74, 6) is -0.402. The first kappa shape index (κ1) is 29.6. The third-order valence-electron chi connectivity index (χ3n) is 6.13. The van der Waals surface area contributed by atoms with E-state index in [1.165, 1.54) is 4.31 Å². The highest BCUT2D eigenvalue weighted by Gasteiger charge is 2.27. The predicted molar refractivity (Wildman–Crippen MR) is 147 cm³/mol. The Labute approximate surface area is 220 Å². The second-order valence-electron chi connectivity index (χ2n) is 9.15. The predicted octanol–water partition coefficient (Wildman–Crippen LogP) is 4.84. The van der Waals surface area contributed by atoms with Gasteiger partial charge in [-0.1, -0.05) is 60.8 Å². The molecule has 2 amide bonds. The van der Waals surface area contributed by atoms with Crippen molar-refractivity contribution in [2.75, 3.05) is 23.7 Å². The van der Waals surface area contributed by atoms with Gasteiger partial charge in [-0.25, -0.2) is 8.42 Å². The Bertz CT molecular complexity index is 1140. The highest BCUT2D eigenvalue weighted by atomic mass is 35.5. The first-order chi connectivity index (χ1) is 17.0. The summed E-state index contributed by atoms with van der Waals surface area (Å²) in [7, 11) is -3.59. The van der Waals surface area contributed by atoms with Crippen LogP contribution in [0.4, 0.5) is 5.69 Å². The minimum atomic E-state index is -3.59. The Hall–Kier alpha value is -2.58. The number of benzene rings is 2. The number of nitrogens with zero attached hydrogens (tertiary/aromatic N) is 2. The van der Waals surface area contributed by atoms with Gasteiger partial charge in [0, 0.05) is 31.1 Å². The van der Waals surface area contributed by atoms with E-state index in [0.29, 0.717) is 35.8 Å². The Morgan fingerprint density at radius 2 is 1.72 bits per heavy atom. The summed E-state index contributed by atoms with van der Waals surface area (Å²) in [5, 5.41) is 3.38. The summed E-state index contributed by atoms with van der Waals surface area (Å²) in [6.45, 7) is 8.52. The standard InChI is InChI=1S/C27H38ClN3O4S/c1-6-7-17-29-27(33)22(4)30(19-23-15-13-20(2)14-16-23)26(32)12-9-18-31(36(5,34)35)25-11-8-10-24(28)21(25)3/h8,10-11,13-16,22H,6-7,9,12,17-19H2,1-5H3,(H,29,33)/t22-/m0/s1. The molecule has 0 aromatic heterocycles. The van der Waals surface area contributed by atoms with Crippen molar-refractivity contribution in [2.24, 2.45) is 0 Å². The second-order valence-corrected chi connectivity index (χ2v) is 11.5. The Morgan fingerprint density at radius 1 is 1.06 bits per heavy atom. The third kappa shape index (κ3) is 8.52. The molecule has 198 valence electrons. The summed E-state index contributed by atoms with van der Waals surface area (Å²) in [5.41, 5.74) is 3.19. The molecule has 0 spiro atoms. The van der Waals surface area contributed by atoms with E-state index < -0.39 is 16.1 Å². The van der Waals surface area contributed by atoms with Gasteiger partial charge in [0.05, 0.1) is 11.9 Å². The van der Waals surface area contributed by atoms with Crippen LogP contribution in [0.25, 0.3) is 0 Å². The zero-order valence-corrected chi connectivity index (χ0v) is 23.5. The zero-order valence-electron chi connectivity index (χ0n) is 21.9. The van der Waals surface area contributed by atoms with E-state index in [1.807, 2.05) is 38.1 Å². The van der Waals surface area contributed by atoms with Crippen LogP contribution in [0.5, 0.6) is 0 Å². The molecule has 0 aliphatic rings. The van der Waals surface area contributed by atoms with E-state index in [1.54, 1.807) is 36.9 Å². The summed E-state index contributed by atoms with van der Waals surface area (Å²) >= 11 is 6.21. The fraction of sp³-hybridized carbons (Fsp3) is 0.481. The van der Waals surface area contributed by atoms with E-state index in [9.17, 15) is 18.0 Å². The Balaban J connectivity index is 2.17. The molecule has 0 saturated carbocycles. The molecule has 2 rings (SSSR count). The van der Waals surface area contributed by atoms with E-state index >= 15 is 0 Å². The molecule has 0 radical (unpaired) electrons. The van der Waals surface area contributed by atoms with Gasteiger partial charge in [-0.3, -0.25) is 13.9 Å². The SMILES string of the molecule is CCCCNC(=O)[C@H](C)N(Cc1ccc(C)cc1)C(=O)CCCN(c1cccc(Cl)c1C)S(C)(=O)=O. The molecule has 1 N–H and O–H groups in total. The summed E-state index contributed by atoms with van der Waals surface area (Å²) in [4.78, 5) is 27.7. The number of aryl methyl sites for hydroxylation is 1. The molecule has 0 bridgehead atoms. The molecule has 0 fully saturated rings. The number of amides is 2. The molecule has 2 aromatic rings. The quantitative estimate of drug-likeness (QED) is 0.372. The number of sulfonamides is 1. The minimum absolute atomic E-state index is 0.101. The number of nitrogens with one attached hydrogen (secondary N) is 1. The van der Waals surface area contributed by atoms with E-state index in [-0.39, 0.29) is 24.8 Å². The van der Waals surface area contributed by atoms with Crippen molar-refractivity contribution >= 4 is 39.1 Å². The van der Waals surface area contributed by atoms with Crippen molar-refractivity contribution < 1.29 is 18.0 Å². The smallest absolute Gasteiger partial charge is 0.242 e. The molecule has 0 aliphatic carbocycles. The Kier molecular flexibility index (Phi) is 11.2. The first-order valence-corrected chi connectivity index (χ1v) is 14.5. The lowest BCUT2D eigenvalue weighted by molar-refractivity contribution is -0.140. The van der Waals surface area contributed by atoms with Crippen LogP contribution in [0.2, 0.25) is 5.02 Å². The number of hydrogen-bond donors (Lipinski definition) is 1. The van der Waals surface area contributed by atoms with Gasteiger partial charge in [0.2, 0.25) is 21.8 Å². The number of carbonyl (C=O) groups excluding carboxylic acids is 2. The molecule has 2 aromatic carbocycles. The van der Waals surface area contributed by atoms with E-state index in [4.69, 9.17) is 11.6 Å². The third-order valence-corrected chi connectivity index (χ3v) is 7.72. The largest absolute Gasteiger partial charge is 0.354 e. The topological polar surface area (TPSA) is 86.8 Å². The van der Waals surface area contributed by atoms with Crippen LogP contribution in [-0.2, 0) is 26.2 Å². The van der Waals surface area contributed by atoms with Crippen LogP contribution in [0.1, 0.15) is 56.2 Å². The van der Waals surface area contributed by atoms with E-state index in [2.05, 4.69) is 5.32 Å². The molecule has 0 unspecified atom stereocenters.